The van der Waals surface area contributed by atoms with Gasteiger partial charge in [0.15, 0.2) is 5.96 Å². The van der Waals surface area contributed by atoms with Crippen molar-refractivity contribution >= 4 is 17.3 Å². The Labute approximate surface area is 126 Å². The first-order chi connectivity index (χ1) is 9.77. The maximum atomic E-state index is 5.31. The maximum Gasteiger partial charge on any atom is 0.190 e. The molecule has 0 fully saturated rings. The molecule has 4 nitrogen and oxygen atoms in total. The first-order valence-electron chi connectivity index (χ1n) is 7.33. The number of nitrogens with one attached hydrogen (secondary N) is 2. The van der Waals surface area contributed by atoms with E-state index in [9.17, 15) is 0 Å². The van der Waals surface area contributed by atoms with Crippen LogP contribution in [0.5, 0.6) is 0 Å². The van der Waals surface area contributed by atoms with Gasteiger partial charge in [0.05, 0.1) is 0 Å². The van der Waals surface area contributed by atoms with E-state index in [4.69, 9.17) is 4.74 Å². The summed E-state index contributed by atoms with van der Waals surface area (Å²) >= 11 is 1.81. The summed E-state index contributed by atoms with van der Waals surface area (Å²) in [5.41, 5.74) is 0. The zero-order chi connectivity index (χ0) is 14.6. The van der Waals surface area contributed by atoms with E-state index in [1.807, 2.05) is 14.0 Å². The Kier molecular flexibility index (Phi) is 9.07. The molecular formula is C15H27N3OS. The average molecular weight is 297 g/mol. The number of guanidine groups is 1. The topological polar surface area (TPSA) is 45.6 Å². The summed E-state index contributed by atoms with van der Waals surface area (Å²) in [5, 5.41) is 8.83. The molecule has 0 bridgehead atoms. The fraction of sp³-hybridized carbons (Fsp3) is 0.667. The summed E-state index contributed by atoms with van der Waals surface area (Å²) in [7, 11) is 1.81. The summed E-state index contributed by atoms with van der Waals surface area (Å²) in [5.74, 6) is 1.39. The summed E-state index contributed by atoms with van der Waals surface area (Å²) in [6, 6.07) is 4.28. The Morgan fingerprint density at radius 1 is 1.40 bits per heavy atom. The zero-order valence-electron chi connectivity index (χ0n) is 12.8. The van der Waals surface area contributed by atoms with Gasteiger partial charge in [-0.25, -0.2) is 0 Å². The van der Waals surface area contributed by atoms with E-state index < -0.39 is 0 Å². The lowest BCUT2D eigenvalue weighted by Gasteiger charge is -2.15. The predicted octanol–water partition coefficient (Wildman–Crippen LogP) is 2.83. The van der Waals surface area contributed by atoms with Gasteiger partial charge in [0.25, 0.3) is 0 Å². The van der Waals surface area contributed by atoms with E-state index in [0.717, 1.165) is 45.1 Å². The normalized spacial score (nSPS) is 13.2. The van der Waals surface area contributed by atoms with Gasteiger partial charge >= 0.3 is 0 Å². The number of thiophene rings is 1. The maximum absolute atomic E-state index is 5.31. The second-order valence-electron chi connectivity index (χ2n) is 4.70. The lowest BCUT2D eigenvalue weighted by atomic mass is 10.1. The molecule has 0 aliphatic heterocycles. The minimum absolute atomic E-state index is 0.506. The van der Waals surface area contributed by atoms with Crippen LogP contribution in [0.3, 0.4) is 0 Å². The van der Waals surface area contributed by atoms with Crippen LogP contribution < -0.4 is 10.6 Å². The van der Waals surface area contributed by atoms with Crippen LogP contribution in [-0.2, 0) is 4.74 Å². The van der Waals surface area contributed by atoms with E-state index >= 15 is 0 Å². The lowest BCUT2D eigenvalue weighted by molar-refractivity contribution is 0.143. The van der Waals surface area contributed by atoms with Crippen molar-refractivity contribution in [1.29, 1.82) is 0 Å². The van der Waals surface area contributed by atoms with Crippen LogP contribution in [0.1, 0.15) is 37.5 Å². The van der Waals surface area contributed by atoms with Gasteiger partial charge in [-0.15, -0.1) is 11.3 Å². The van der Waals surface area contributed by atoms with Crippen LogP contribution in [0.25, 0.3) is 0 Å². The van der Waals surface area contributed by atoms with Gasteiger partial charge in [-0.3, -0.25) is 4.99 Å². The molecule has 114 valence electrons. The molecule has 0 spiro atoms. The number of hydrogen-bond acceptors (Lipinski definition) is 3. The molecule has 0 saturated heterocycles. The third-order valence-electron chi connectivity index (χ3n) is 3.04. The van der Waals surface area contributed by atoms with Crippen molar-refractivity contribution in [2.24, 2.45) is 4.99 Å². The molecule has 0 radical (unpaired) electrons. The van der Waals surface area contributed by atoms with E-state index in [2.05, 4.69) is 40.1 Å². The van der Waals surface area contributed by atoms with Crippen LogP contribution in [0, 0.1) is 0 Å². The highest BCUT2D eigenvalue weighted by Gasteiger charge is 2.07. The highest BCUT2D eigenvalue weighted by molar-refractivity contribution is 7.10. The van der Waals surface area contributed by atoms with Crippen LogP contribution >= 0.6 is 11.3 Å². The SMILES string of the molecule is CCOCCCCNC(=NC)NCC(C)c1cccs1. The summed E-state index contributed by atoms with van der Waals surface area (Å²) in [6.45, 7) is 7.74. The van der Waals surface area contributed by atoms with Gasteiger partial charge < -0.3 is 15.4 Å². The number of aliphatic imine (C=N–C) groups is 1. The van der Waals surface area contributed by atoms with Crippen LogP contribution in [0.2, 0.25) is 0 Å². The second kappa shape index (κ2) is 10.7. The van der Waals surface area contributed by atoms with E-state index in [0.29, 0.717) is 5.92 Å². The quantitative estimate of drug-likeness (QED) is 0.418. The van der Waals surface area contributed by atoms with Gasteiger partial charge in [-0.2, -0.15) is 0 Å². The van der Waals surface area contributed by atoms with Crippen molar-refractivity contribution in [3.05, 3.63) is 22.4 Å². The standard InChI is InChI=1S/C15H27N3OS/c1-4-19-10-6-5-9-17-15(16-3)18-12-13(2)14-8-7-11-20-14/h7-8,11,13H,4-6,9-10,12H2,1-3H3,(H2,16,17,18). The molecule has 1 unspecified atom stereocenters. The van der Waals surface area contributed by atoms with Crippen molar-refractivity contribution in [3.8, 4) is 0 Å². The van der Waals surface area contributed by atoms with Crippen molar-refractivity contribution < 1.29 is 4.74 Å². The highest BCUT2D eigenvalue weighted by atomic mass is 32.1. The first kappa shape index (κ1) is 17.0. The summed E-state index contributed by atoms with van der Waals surface area (Å²) < 4.78 is 5.31. The Hall–Kier alpha value is -1.07. The molecule has 1 rings (SSSR count). The Morgan fingerprint density at radius 2 is 2.25 bits per heavy atom. The molecule has 5 heteroatoms. The molecule has 0 saturated carbocycles. The fourth-order valence-electron chi connectivity index (χ4n) is 1.82. The second-order valence-corrected chi connectivity index (χ2v) is 5.68. The smallest absolute Gasteiger partial charge is 0.190 e. The van der Waals surface area contributed by atoms with Crippen LogP contribution in [-0.4, -0.2) is 39.3 Å². The largest absolute Gasteiger partial charge is 0.382 e. The van der Waals surface area contributed by atoms with E-state index in [1.165, 1.54) is 4.88 Å². The van der Waals surface area contributed by atoms with Gasteiger partial charge in [0.2, 0.25) is 0 Å². The van der Waals surface area contributed by atoms with Crippen molar-refractivity contribution in [2.45, 2.75) is 32.6 Å². The summed E-state index contributed by atoms with van der Waals surface area (Å²) in [6.07, 6.45) is 2.19. The molecule has 1 heterocycles. The number of hydrogen-bond donors (Lipinski definition) is 2. The molecule has 0 aliphatic rings. The molecule has 1 aromatic rings. The molecule has 0 aromatic carbocycles. The van der Waals surface area contributed by atoms with Crippen molar-refractivity contribution in [2.75, 3.05) is 33.4 Å². The van der Waals surface area contributed by atoms with Crippen LogP contribution in [0.15, 0.2) is 22.5 Å². The molecule has 1 aromatic heterocycles. The van der Waals surface area contributed by atoms with Gasteiger partial charge in [-0.05, 0) is 31.2 Å². The predicted molar refractivity (Wildman–Crippen MR) is 87.8 cm³/mol. The molecule has 2 N–H and O–H groups in total. The van der Waals surface area contributed by atoms with Gasteiger partial charge in [0, 0.05) is 44.1 Å². The highest BCUT2D eigenvalue weighted by Crippen LogP contribution is 2.19. The molecule has 1 atom stereocenters. The van der Waals surface area contributed by atoms with E-state index in [-0.39, 0.29) is 0 Å². The fourth-order valence-corrected chi connectivity index (χ4v) is 2.61. The molecule has 0 aliphatic carbocycles. The Balaban J connectivity index is 2.13. The van der Waals surface area contributed by atoms with Crippen LogP contribution in [0.4, 0.5) is 0 Å². The molecule has 0 amide bonds. The van der Waals surface area contributed by atoms with Gasteiger partial charge in [-0.1, -0.05) is 13.0 Å². The Bertz CT molecular complexity index is 365. The minimum Gasteiger partial charge on any atom is -0.382 e. The van der Waals surface area contributed by atoms with E-state index in [1.54, 1.807) is 11.3 Å². The van der Waals surface area contributed by atoms with Gasteiger partial charge in [0.1, 0.15) is 0 Å². The van der Waals surface area contributed by atoms with Crippen molar-refractivity contribution in [1.82, 2.24) is 10.6 Å². The van der Waals surface area contributed by atoms with Crippen molar-refractivity contribution in [3.63, 3.8) is 0 Å². The number of unbranched alkanes of at least 4 members (excludes halogenated alkanes) is 1. The lowest BCUT2D eigenvalue weighted by Crippen LogP contribution is -2.39. The Morgan fingerprint density at radius 3 is 2.90 bits per heavy atom. The third-order valence-corrected chi connectivity index (χ3v) is 4.14. The minimum atomic E-state index is 0.506. The third kappa shape index (κ3) is 6.91. The number of ether oxygens (including phenoxy) is 1. The first-order valence-corrected chi connectivity index (χ1v) is 8.21. The molecule has 20 heavy (non-hydrogen) atoms. The summed E-state index contributed by atoms with van der Waals surface area (Å²) in [4.78, 5) is 5.65. The molecular weight excluding hydrogens is 270 g/mol. The monoisotopic (exact) mass is 297 g/mol. The zero-order valence-corrected chi connectivity index (χ0v) is 13.6. The number of rotatable bonds is 9. The number of nitrogens with zero attached hydrogens (tertiary/aromatic N) is 1. The average Bonchev–Trinajstić information content (AvgIpc) is 2.99.